The van der Waals surface area contributed by atoms with Gasteiger partial charge in [0.1, 0.15) is 6.10 Å². The maximum atomic E-state index is 12.9. The molecule has 3 unspecified atom stereocenters. The third kappa shape index (κ3) is 7.34. The molecule has 1 amide bonds. The molecule has 7 nitrogen and oxygen atoms in total. The highest BCUT2D eigenvalue weighted by Gasteiger charge is 2.39. The molecule has 0 bridgehead atoms. The first-order valence-electron chi connectivity index (χ1n) is 12.1. The summed E-state index contributed by atoms with van der Waals surface area (Å²) in [5, 5.41) is 3.09. The van der Waals surface area contributed by atoms with Gasteiger partial charge >= 0.3 is 5.97 Å². The van der Waals surface area contributed by atoms with Crippen molar-refractivity contribution in [3.05, 3.63) is 12.3 Å². The molecule has 176 valence electrons. The van der Waals surface area contributed by atoms with Gasteiger partial charge in [0.15, 0.2) is 6.29 Å². The second-order valence-corrected chi connectivity index (χ2v) is 8.60. The molecule has 2 rings (SSSR count). The molecule has 0 aliphatic carbocycles. The van der Waals surface area contributed by atoms with E-state index < -0.39 is 6.29 Å². The van der Waals surface area contributed by atoms with E-state index in [0.29, 0.717) is 13.2 Å². The zero-order valence-corrected chi connectivity index (χ0v) is 19.7. The van der Waals surface area contributed by atoms with E-state index in [0.717, 1.165) is 51.4 Å². The summed E-state index contributed by atoms with van der Waals surface area (Å²) in [4.78, 5) is 32.1. The summed E-state index contributed by atoms with van der Waals surface area (Å²) < 4.78 is 11.6. The maximum Gasteiger partial charge on any atom is 0.309 e. The van der Waals surface area contributed by atoms with Gasteiger partial charge in [-0.2, -0.15) is 0 Å². The molecule has 0 aromatic carbocycles. The molecule has 0 radical (unpaired) electrons. The molecule has 0 aromatic rings. The van der Waals surface area contributed by atoms with Crippen LogP contribution in [0.1, 0.15) is 79.1 Å². The molecule has 1 N–H and O–H groups in total. The lowest BCUT2D eigenvalue weighted by molar-refractivity contribution is -0.157. The van der Waals surface area contributed by atoms with Crippen LogP contribution in [-0.2, 0) is 19.1 Å². The lowest BCUT2D eigenvalue weighted by atomic mass is 9.97. The monoisotopic (exact) mass is 435 g/mol. The van der Waals surface area contributed by atoms with Crippen LogP contribution in [0.25, 0.3) is 0 Å². The predicted molar refractivity (Wildman–Crippen MR) is 123 cm³/mol. The van der Waals surface area contributed by atoms with Gasteiger partial charge in [-0.05, 0) is 31.8 Å². The summed E-state index contributed by atoms with van der Waals surface area (Å²) in [6, 6.07) is -0.178. The van der Waals surface area contributed by atoms with Crippen LogP contribution in [0.4, 0.5) is 0 Å². The second-order valence-electron chi connectivity index (χ2n) is 8.60. The molecule has 1 fully saturated rings. The van der Waals surface area contributed by atoms with Crippen molar-refractivity contribution < 1.29 is 19.1 Å². The predicted octanol–water partition coefficient (Wildman–Crippen LogP) is 4.03. The molecule has 3 atom stereocenters. The minimum Gasteiger partial charge on any atom is -0.457 e. The number of nitrogens with one attached hydrogen (secondary N) is 1. The number of ether oxygens (including phenoxy) is 2. The lowest BCUT2D eigenvalue weighted by Crippen LogP contribution is -2.55. The number of amides is 1. The molecule has 0 aromatic heterocycles. The molecule has 7 heteroatoms. The van der Waals surface area contributed by atoms with E-state index in [2.05, 4.69) is 38.0 Å². The van der Waals surface area contributed by atoms with Gasteiger partial charge in [-0.1, -0.05) is 53.4 Å². The van der Waals surface area contributed by atoms with E-state index in [1.54, 1.807) is 6.21 Å². The van der Waals surface area contributed by atoms with Gasteiger partial charge in [-0.25, -0.2) is 4.99 Å². The Morgan fingerprint density at radius 3 is 2.26 bits per heavy atom. The number of esters is 1. The largest absolute Gasteiger partial charge is 0.457 e. The van der Waals surface area contributed by atoms with Crippen LogP contribution in [0.3, 0.4) is 0 Å². The normalized spacial score (nSPS) is 23.0. The van der Waals surface area contributed by atoms with Gasteiger partial charge < -0.3 is 19.7 Å². The molecular formula is C24H41N3O4. The zero-order valence-electron chi connectivity index (χ0n) is 19.7. The molecule has 2 aliphatic rings. The Morgan fingerprint density at radius 1 is 1.03 bits per heavy atom. The van der Waals surface area contributed by atoms with Gasteiger partial charge in [0, 0.05) is 18.3 Å². The van der Waals surface area contributed by atoms with E-state index >= 15 is 0 Å². The van der Waals surface area contributed by atoms with Gasteiger partial charge in [-0.3, -0.25) is 9.59 Å². The molecule has 0 spiro atoms. The molecule has 1 saturated heterocycles. The van der Waals surface area contributed by atoms with Crippen LogP contribution in [0.15, 0.2) is 17.3 Å². The number of carbonyl (C=O) groups excluding carboxylic acids is 2. The summed E-state index contributed by atoms with van der Waals surface area (Å²) >= 11 is 0. The summed E-state index contributed by atoms with van der Waals surface area (Å²) in [5.41, 5.74) is 0. The summed E-state index contributed by atoms with van der Waals surface area (Å²) in [6.07, 6.45) is 11.8. The minimum atomic E-state index is -0.510. The smallest absolute Gasteiger partial charge is 0.309 e. The Bertz CT molecular complexity index is 610. The van der Waals surface area contributed by atoms with Crippen LogP contribution in [0, 0.1) is 11.8 Å². The first kappa shape index (κ1) is 25.4. The lowest BCUT2D eigenvalue weighted by Gasteiger charge is -2.37. The summed E-state index contributed by atoms with van der Waals surface area (Å²) in [5.74, 6) is -0.175. The van der Waals surface area contributed by atoms with Gasteiger partial charge in [0.05, 0.1) is 25.2 Å². The first-order valence-corrected chi connectivity index (χ1v) is 12.1. The van der Waals surface area contributed by atoms with E-state index in [4.69, 9.17) is 9.47 Å². The quantitative estimate of drug-likeness (QED) is 0.442. The van der Waals surface area contributed by atoms with Gasteiger partial charge in [0.2, 0.25) is 5.91 Å². The van der Waals surface area contributed by atoms with Crippen molar-refractivity contribution in [1.29, 1.82) is 0 Å². The standard InChI is InChI=1S/C24H41N3O4/c1-5-10-18(11-6-2)22(28)26-24-25-14-9-15-27(24)20-16-30-17-21(20)31-23(29)19(12-7-3)13-8-4/h9,14-15,18-21,24H,5-8,10-13,16-17H2,1-4H3,(H,26,28). The fourth-order valence-electron chi connectivity index (χ4n) is 4.42. The third-order valence-electron chi connectivity index (χ3n) is 6.03. The van der Waals surface area contributed by atoms with Crippen molar-refractivity contribution >= 4 is 18.1 Å². The Kier molecular flexibility index (Phi) is 11.1. The van der Waals surface area contributed by atoms with Crippen molar-refractivity contribution in [3.8, 4) is 0 Å². The SMILES string of the molecule is CCCC(CCC)C(=O)NC1N=CC=CN1C1COCC1OC(=O)C(CCC)CCC. The number of aliphatic imine (C=N–C) groups is 1. The molecule has 31 heavy (non-hydrogen) atoms. The maximum absolute atomic E-state index is 12.9. The third-order valence-corrected chi connectivity index (χ3v) is 6.03. The average molecular weight is 436 g/mol. The van der Waals surface area contributed by atoms with Crippen LogP contribution in [0.5, 0.6) is 0 Å². The Labute approximate surface area is 187 Å². The highest BCUT2D eigenvalue weighted by molar-refractivity contribution is 5.79. The Balaban J connectivity index is 2.05. The molecule has 2 aliphatic heterocycles. The number of allylic oxidation sites excluding steroid dienone is 1. The number of hydrogen-bond acceptors (Lipinski definition) is 6. The number of carbonyl (C=O) groups is 2. The van der Waals surface area contributed by atoms with Gasteiger partial charge in [-0.15, -0.1) is 0 Å². The minimum absolute atomic E-state index is 0.00439. The fourth-order valence-corrected chi connectivity index (χ4v) is 4.42. The van der Waals surface area contributed by atoms with E-state index in [-0.39, 0.29) is 35.9 Å². The van der Waals surface area contributed by atoms with Crippen molar-refractivity contribution in [3.63, 3.8) is 0 Å². The van der Waals surface area contributed by atoms with Crippen LogP contribution >= 0.6 is 0 Å². The Morgan fingerprint density at radius 2 is 1.65 bits per heavy atom. The summed E-state index contributed by atoms with van der Waals surface area (Å²) in [7, 11) is 0. The van der Waals surface area contributed by atoms with Crippen LogP contribution < -0.4 is 5.32 Å². The van der Waals surface area contributed by atoms with Crippen LogP contribution in [0.2, 0.25) is 0 Å². The highest BCUT2D eigenvalue weighted by Crippen LogP contribution is 2.24. The topological polar surface area (TPSA) is 80.2 Å². The molecular weight excluding hydrogens is 394 g/mol. The fraction of sp³-hybridized carbons (Fsp3) is 0.792. The highest BCUT2D eigenvalue weighted by atomic mass is 16.6. The molecule has 0 saturated carbocycles. The van der Waals surface area contributed by atoms with Crippen molar-refractivity contribution in [2.75, 3.05) is 13.2 Å². The van der Waals surface area contributed by atoms with E-state index in [1.165, 1.54) is 0 Å². The summed E-state index contributed by atoms with van der Waals surface area (Å²) in [6.45, 7) is 9.18. The van der Waals surface area contributed by atoms with E-state index in [9.17, 15) is 9.59 Å². The Hall–Kier alpha value is -1.89. The number of nitrogens with zero attached hydrogens (tertiary/aromatic N) is 2. The van der Waals surface area contributed by atoms with Gasteiger partial charge in [0.25, 0.3) is 0 Å². The van der Waals surface area contributed by atoms with Crippen LogP contribution in [-0.4, -0.2) is 54.6 Å². The zero-order chi connectivity index (χ0) is 22.6. The van der Waals surface area contributed by atoms with Crippen molar-refractivity contribution in [1.82, 2.24) is 10.2 Å². The molecule has 2 heterocycles. The number of rotatable bonds is 13. The number of hydrogen-bond donors (Lipinski definition) is 1. The van der Waals surface area contributed by atoms with E-state index in [1.807, 2.05) is 17.2 Å². The van der Waals surface area contributed by atoms with Crippen molar-refractivity contribution in [2.24, 2.45) is 16.8 Å². The average Bonchev–Trinajstić information content (AvgIpc) is 3.21. The first-order chi connectivity index (χ1) is 15.0. The van der Waals surface area contributed by atoms with Crippen molar-refractivity contribution in [2.45, 2.75) is 97.5 Å². The second kappa shape index (κ2) is 13.5.